The monoisotopic (exact) mass is 473 g/mol. The Morgan fingerprint density at radius 2 is 1.65 bits per heavy atom. The van der Waals surface area contributed by atoms with Crippen molar-refractivity contribution in [3.05, 3.63) is 80.6 Å². The molecule has 2 heterocycles. The van der Waals surface area contributed by atoms with Crippen LogP contribution in [0.3, 0.4) is 0 Å². The van der Waals surface area contributed by atoms with Crippen LogP contribution < -0.4 is 11.1 Å². The van der Waals surface area contributed by atoms with Crippen LogP contribution >= 0.6 is 34.5 Å². The molecule has 3 N–H and O–H groups in total. The molecule has 0 amide bonds. The van der Waals surface area contributed by atoms with Crippen LogP contribution in [0.2, 0.25) is 10.0 Å². The predicted octanol–water partition coefficient (Wildman–Crippen LogP) is 6.19. The van der Waals surface area contributed by atoms with Crippen LogP contribution in [0.15, 0.2) is 53.9 Å². The van der Waals surface area contributed by atoms with Crippen LogP contribution in [-0.2, 0) is 6.54 Å². The van der Waals surface area contributed by atoms with E-state index < -0.39 is 0 Å². The summed E-state index contributed by atoms with van der Waals surface area (Å²) in [6, 6.07) is 14.8. The number of thiophene rings is 1. The van der Waals surface area contributed by atoms with Crippen molar-refractivity contribution in [2.75, 3.05) is 30.7 Å². The number of piperidine rings is 1. The van der Waals surface area contributed by atoms with Gasteiger partial charge in [-0.2, -0.15) is 0 Å². The molecule has 31 heavy (non-hydrogen) atoms. The van der Waals surface area contributed by atoms with E-state index in [4.69, 9.17) is 28.9 Å². The molecular formula is C24H25Cl2N3OS. The first-order chi connectivity index (χ1) is 15.0. The number of ketones is 1. The molecule has 0 spiro atoms. The van der Waals surface area contributed by atoms with Crippen molar-refractivity contribution in [3.8, 4) is 0 Å². The van der Waals surface area contributed by atoms with Gasteiger partial charge in [-0.25, -0.2) is 0 Å². The molecule has 1 aromatic heterocycles. The average molecular weight is 474 g/mol. The summed E-state index contributed by atoms with van der Waals surface area (Å²) >= 11 is 13.3. The van der Waals surface area contributed by atoms with Gasteiger partial charge in [0.05, 0.1) is 10.6 Å². The molecule has 0 radical (unpaired) electrons. The standard InChI is InChI=1S/C24H25Cl2N3OS/c25-19-3-1-17(2-4-19)23(30)22-18(15-31-24(22)27)14-29-11-9-16(10-12-29)13-28-21-7-5-20(26)6-8-21/h1-8,15-16,28H,9-14,27H2. The molecule has 1 aliphatic rings. The number of hydrogen-bond acceptors (Lipinski definition) is 5. The number of carbonyl (C=O) groups is 1. The zero-order valence-corrected chi connectivity index (χ0v) is 19.4. The van der Waals surface area contributed by atoms with Crippen molar-refractivity contribution in [1.82, 2.24) is 4.90 Å². The minimum atomic E-state index is -0.0348. The Kier molecular flexibility index (Phi) is 7.18. The van der Waals surface area contributed by atoms with Gasteiger partial charge >= 0.3 is 0 Å². The molecule has 0 saturated carbocycles. The number of likely N-dealkylation sites (tertiary alicyclic amines) is 1. The van der Waals surface area contributed by atoms with Crippen molar-refractivity contribution in [3.63, 3.8) is 0 Å². The number of halogens is 2. The highest BCUT2D eigenvalue weighted by molar-refractivity contribution is 7.14. The Hall–Kier alpha value is -2.05. The Morgan fingerprint density at radius 3 is 2.29 bits per heavy atom. The fraction of sp³-hybridized carbons (Fsp3) is 0.292. The molecule has 0 bridgehead atoms. The Morgan fingerprint density at radius 1 is 1.03 bits per heavy atom. The zero-order chi connectivity index (χ0) is 21.8. The minimum Gasteiger partial charge on any atom is -0.390 e. The maximum absolute atomic E-state index is 13.0. The third kappa shape index (κ3) is 5.60. The van der Waals surface area contributed by atoms with Crippen LogP contribution in [0.4, 0.5) is 10.7 Å². The van der Waals surface area contributed by atoms with E-state index in [9.17, 15) is 4.79 Å². The van der Waals surface area contributed by atoms with Crippen LogP contribution in [-0.4, -0.2) is 30.3 Å². The molecule has 0 atom stereocenters. The number of rotatable bonds is 7. The number of carbonyl (C=O) groups excluding carboxylic acids is 1. The van der Waals surface area contributed by atoms with E-state index in [1.54, 1.807) is 24.3 Å². The van der Waals surface area contributed by atoms with Gasteiger partial charge in [0.1, 0.15) is 0 Å². The summed E-state index contributed by atoms with van der Waals surface area (Å²) in [7, 11) is 0. The summed E-state index contributed by atoms with van der Waals surface area (Å²) in [5.41, 5.74) is 9.55. The first kappa shape index (κ1) is 22.2. The predicted molar refractivity (Wildman–Crippen MR) is 132 cm³/mol. The Balaban J connectivity index is 1.33. The lowest BCUT2D eigenvalue weighted by molar-refractivity contribution is 0.103. The molecule has 4 nitrogen and oxygen atoms in total. The smallest absolute Gasteiger partial charge is 0.196 e. The zero-order valence-electron chi connectivity index (χ0n) is 17.1. The lowest BCUT2D eigenvalue weighted by Gasteiger charge is -2.32. The SMILES string of the molecule is Nc1scc(CN2CCC(CNc3ccc(Cl)cc3)CC2)c1C(=O)c1ccc(Cl)cc1. The van der Waals surface area contributed by atoms with Gasteiger partial charge in [-0.15, -0.1) is 11.3 Å². The van der Waals surface area contributed by atoms with Crippen LogP contribution in [0, 0.1) is 5.92 Å². The van der Waals surface area contributed by atoms with Gasteiger partial charge in [0, 0.05) is 34.4 Å². The summed E-state index contributed by atoms with van der Waals surface area (Å²) in [5, 5.41) is 7.48. The van der Waals surface area contributed by atoms with E-state index in [1.165, 1.54) is 11.3 Å². The molecule has 3 aromatic rings. The number of hydrogen-bond donors (Lipinski definition) is 2. The highest BCUT2D eigenvalue weighted by Gasteiger charge is 2.23. The van der Waals surface area contributed by atoms with Crippen molar-refractivity contribution in [2.45, 2.75) is 19.4 Å². The van der Waals surface area contributed by atoms with Crippen LogP contribution in [0.25, 0.3) is 0 Å². The number of benzene rings is 2. The minimum absolute atomic E-state index is 0.0348. The number of anilines is 2. The van der Waals surface area contributed by atoms with Gasteiger partial charge in [0.25, 0.3) is 0 Å². The van der Waals surface area contributed by atoms with Crippen LogP contribution in [0.1, 0.15) is 34.3 Å². The third-order valence-electron chi connectivity index (χ3n) is 5.77. The quantitative estimate of drug-likeness (QED) is 0.401. The highest BCUT2D eigenvalue weighted by Crippen LogP contribution is 2.30. The van der Waals surface area contributed by atoms with Gasteiger partial charge in [-0.05, 0) is 91.3 Å². The van der Waals surface area contributed by atoms with Gasteiger partial charge in [-0.3, -0.25) is 9.69 Å². The Bertz CT molecular complexity index is 1030. The number of nitrogens with two attached hydrogens (primary N) is 1. The summed E-state index contributed by atoms with van der Waals surface area (Å²) in [5.74, 6) is 0.599. The second kappa shape index (κ2) is 10.0. The normalized spacial score (nSPS) is 15.2. The summed E-state index contributed by atoms with van der Waals surface area (Å²) in [4.78, 5) is 15.5. The largest absolute Gasteiger partial charge is 0.390 e. The molecule has 2 aromatic carbocycles. The number of nitrogens with zero attached hydrogens (tertiary/aromatic N) is 1. The molecule has 1 fully saturated rings. The van der Waals surface area contributed by atoms with Gasteiger partial charge in [0.15, 0.2) is 5.78 Å². The van der Waals surface area contributed by atoms with E-state index >= 15 is 0 Å². The highest BCUT2D eigenvalue weighted by atomic mass is 35.5. The number of nitrogen functional groups attached to an aromatic ring is 1. The molecule has 4 rings (SSSR count). The van der Waals surface area contributed by atoms with Crippen LogP contribution in [0.5, 0.6) is 0 Å². The summed E-state index contributed by atoms with van der Waals surface area (Å²) < 4.78 is 0. The van der Waals surface area contributed by atoms with Gasteiger partial charge < -0.3 is 11.1 Å². The van der Waals surface area contributed by atoms with Crippen molar-refractivity contribution < 1.29 is 4.79 Å². The van der Waals surface area contributed by atoms with Crippen molar-refractivity contribution in [1.29, 1.82) is 0 Å². The molecule has 1 aliphatic heterocycles. The maximum Gasteiger partial charge on any atom is 0.196 e. The van der Waals surface area contributed by atoms with E-state index in [1.807, 2.05) is 29.6 Å². The van der Waals surface area contributed by atoms with Crippen molar-refractivity contribution in [2.24, 2.45) is 5.92 Å². The molecule has 1 saturated heterocycles. The second-order valence-electron chi connectivity index (χ2n) is 7.94. The summed E-state index contributed by atoms with van der Waals surface area (Å²) in [6.07, 6.45) is 2.25. The molecule has 0 aliphatic carbocycles. The molecule has 162 valence electrons. The van der Waals surface area contributed by atoms with E-state index in [-0.39, 0.29) is 5.78 Å². The third-order valence-corrected chi connectivity index (χ3v) is 7.13. The Labute approximate surface area is 197 Å². The maximum atomic E-state index is 13.0. The first-order valence-electron chi connectivity index (χ1n) is 10.4. The molecule has 0 unspecified atom stereocenters. The topological polar surface area (TPSA) is 58.4 Å². The lowest BCUT2D eigenvalue weighted by atomic mass is 9.95. The van der Waals surface area contributed by atoms with E-state index in [2.05, 4.69) is 10.2 Å². The second-order valence-corrected chi connectivity index (χ2v) is 9.73. The number of nitrogens with one attached hydrogen (secondary N) is 1. The van der Waals surface area contributed by atoms with Gasteiger partial charge in [0.2, 0.25) is 0 Å². The fourth-order valence-corrected chi connectivity index (χ4v) is 5.01. The van der Waals surface area contributed by atoms with Gasteiger partial charge in [-0.1, -0.05) is 23.2 Å². The van der Waals surface area contributed by atoms with E-state index in [0.717, 1.165) is 55.3 Å². The molecular weight excluding hydrogens is 449 g/mol. The van der Waals surface area contributed by atoms with Crippen molar-refractivity contribution >= 4 is 51.0 Å². The summed E-state index contributed by atoms with van der Waals surface area (Å²) in [6.45, 7) is 3.73. The van der Waals surface area contributed by atoms with E-state index in [0.29, 0.717) is 27.1 Å². The first-order valence-corrected chi connectivity index (χ1v) is 12.0. The lowest BCUT2D eigenvalue weighted by Crippen LogP contribution is -2.35. The average Bonchev–Trinajstić information content (AvgIpc) is 3.14. The molecule has 7 heteroatoms. The fourth-order valence-electron chi connectivity index (χ4n) is 3.95.